The molecule has 0 radical (unpaired) electrons. The number of imide groups is 1. The molecule has 0 spiro atoms. The Labute approximate surface area is 114 Å². The second kappa shape index (κ2) is 5.41. The molecule has 1 fully saturated rings. The third kappa shape index (κ3) is 3.94. The molecule has 0 N–H and O–H groups in total. The largest absolute Gasteiger partial charge is 0.450 e. The highest BCUT2D eigenvalue weighted by Crippen LogP contribution is 2.28. The van der Waals surface area contributed by atoms with Gasteiger partial charge in [-0.1, -0.05) is 0 Å². The van der Waals surface area contributed by atoms with E-state index in [-0.39, 0.29) is 19.4 Å². The van der Waals surface area contributed by atoms with E-state index in [0.717, 1.165) is 0 Å². The van der Waals surface area contributed by atoms with Gasteiger partial charge in [-0.05, 0) is 33.6 Å². The van der Waals surface area contributed by atoms with E-state index in [1.165, 1.54) is 0 Å². The van der Waals surface area contributed by atoms with Crippen LogP contribution in [0.5, 0.6) is 0 Å². The summed E-state index contributed by atoms with van der Waals surface area (Å²) in [6.45, 7) is 4.66. The van der Waals surface area contributed by atoms with Crippen LogP contribution >= 0.6 is 0 Å². The summed E-state index contributed by atoms with van der Waals surface area (Å²) >= 11 is 0. The third-order valence-electron chi connectivity index (χ3n) is 2.65. The minimum Gasteiger partial charge on any atom is -0.443 e. The Morgan fingerprint density at radius 1 is 1.25 bits per heavy atom. The van der Waals surface area contributed by atoms with E-state index < -0.39 is 35.5 Å². The van der Waals surface area contributed by atoms with Gasteiger partial charge in [-0.2, -0.15) is 13.2 Å². The number of piperidine rings is 1. The smallest absolute Gasteiger partial charge is 0.443 e. The summed E-state index contributed by atoms with van der Waals surface area (Å²) in [5.41, 5.74) is -0.877. The first-order valence-electron chi connectivity index (χ1n) is 6.09. The van der Waals surface area contributed by atoms with E-state index in [2.05, 4.69) is 0 Å². The molecule has 8 heteroatoms. The lowest BCUT2D eigenvalue weighted by molar-refractivity contribution is -0.179. The molecule has 1 aliphatic rings. The van der Waals surface area contributed by atoms with Gasteiger partial charge in [-0.3, -0.25) is 9.59 Å². The summed E-state index contributed by atoms with van der Waals surface area (Å²) in [7, 11) is 0. The monoisotopic (exact) mass is 295 g/mol. The lowest BCUT2D eigenvalue weighted by Gasteiger charge is -2.31. The van der Waals surface area contributed by atoms with Crippen LogP contribution in [0, 0.1) is 5.92 Å². The molecule has 0 saturated carbocycles. The Hall–Kier alpha value is -1.60. The predicted octanol–water partition coefficient (Wildman–Crippen LogP) is 2.29. The molecule has 0 aromatic rings. The van der Waals surface area contributed by atoms with Crippen molar-refractivity contribution in [2.45, 2.75) is 45.4 Å². The van der Waals surface area contributed by atoms with Crippen molar-refractivity contribution in [3.8, 4) is 0 Å². The summed E-state index contributed by atoms with van der Waals surface area (Å²) in [6.07, 6.45) is -6.19. The molecule has 0 bridgehead atoms. The van der Waals surface area contributed by atoms with Gasteiger partial charge in [0.2, 0.25) is 11.7 Å². The molecule has 0 aromatic carbocycles. The summed E-state index contributed by atoms with van der Waals surface area (Å²) in [6, 6.07) is 0. The lowest BCUT2D eigenvalue weighted by atomic mass is 9.92. The topological polar surface area (TPSA) is 63.7 Å². The van der Waals surface area contributed by atoms with E-state index >= 15 is 0 Å². The molecule has 114 valence electrons. The highest BCUT2D eigenvalue weighted by atomic mass is 19.4. The van der Waals surface area contributed by atoms with Gasteiger partial charge >= 0.3 is 12.3 Å². The van der Waals surface area contributed by atoms with Crippen molar-refractivity contribution in [2.24, 2.45) is 5.92 Å². The van der Waals surface area contributed by atoms with Crippen LogP contribution < -0.4 is 0 Å². The standard InChI is InChI=1S/C12H16F3NO4/c1-11(2,3)20-10(19)16-6-4-5-7(9(16)18)8(17)12(13,14)15/h7H,4-6H2,1-3H3. The number of amides is 2. The second-order valence-corrected chi connectivity index (χ2v) is 5.53. The Balaban J connectivity index is 2.85. The van der Waals surface area contributed by atoms with Crippen LogP contribution in [-0.2, 0) is 14.3 Å². The number of carbonyl (C=O) groups excluding carboxylic acids is 3. The van der Waals surface area contributed by atoms with Crippen LogP contribution in [0.3, 0.4) is 0 Å². The normalized spacial score (nSPS) is 20.8. The van der Waals surface area contributed by atoms with E-state index in [1.54, 1.807) is 20.8 Å². The average Bonchev–Trinajstić information content (AvgIpc) is 2.24. The van der Waals surface area contributed by atoms with Crippen molar-refractivity contribution in [1.29, 1.82) is 0 Å². The van der Waals surface area contributed by atoms with Crippen LogP contribution in [0.1, 0.15) is 33.6 Å². The van der Waals surface area contributed by atoms with Crippen molar-refractivity contribution in [2.75, 3.05) is 6.54 Å². The van der Waals surface area contributed by atoms with Crippen LogP contribution in [0.15, 0.2) is 0 Å². The number of hydrogen-bond donors (Lipinski definition) is 0. The van der Waals surface area contributed by atoms with Crippen molar-refractivity contribution < 1.29 is 32.3 Å². The number of hydrogen-bond acceptors (Lipinski definition) is 4. The highest BCUT2D eigenvalue weighted by molar-refractivity contribution is 6.08. The Morgan fingerprint density at radius 3 is 2.25 bits per heavy atom. The highest BCUT2D eigenvalue weighted by Gasteiger charge is 2.49. The fraction of sp³-hybridized carbons (Fsp3) is 0.750. The number of rotatable bonds is 1. The van der Waals surface area contributed by atoms with Gasteiger partial charge in [-0.25, -0.2) is 9.69 Å². The Kier molecular flexibility index (Phi) is 4.45. The molecule has 0 aliphatic carbocycles. The molecule has 1 saturated heterocycles. The lowest BCUT2D eigenvalue weighted by Crippen LogP contribution is -2.51. The van der Waals surface area contributed by atoms with Crippen molar-refractivity contribution in [3.63, 3.8) is 0 Å². The number of likely N-dealkylation sites (tertiary alicyclic amines) is 1. The van der Waals surface area contributed by atoms with E-state index in [1.807, 2.05) is 0 Å². The fourth-order valence-electron chi connectivity index (χ4n) is 1.81. The molecule has 5 nitrogen and oxygen atoms in total. The minimum absolute atomic E-state index is 0.0462. The molecule has 1 unspecified atom stereocenters. The summed E-state index contributed by atoms with van der Waals surface area (Å²) in [5, 5.41) is 0. The van der Waals surface area contributed by atoms with Gasteiger partial charge in [0.1, 0.15) is 11.5 Å². The van der Waals surface area contributed by atoms with Gasteiger partial charge in [0.25, 0.3) is 0 Å². The number of Topliss-reactive ketones (excluding diaryl/α,β-unsaturated/α-hetero) is 1. The molecular weight excluding hydrogens is 279 g/mol. The first-order valence-corrected chi connectivity index (χ1v) is 6.09. The van der Waals surface area contributed by atoms with Crippen molar-refractivity contribution >= 4 is 17.8 Å². The van der Waals surface area contributed by atoms with Crippen LogP contribution in [0.2, 0.25) is 0 Å². The molecule has 1 heterocycles. The maximum absolute atomic E-state index is 12.4. The van der Waals surface area contributed by atoms with Gasteiger partial charge < -0.3 is 4.74 Å². The summed E-state index contributed by atoms with van der Waals surface area (Å²) in [5.74, 6) is -5.11. The molecule has 20 heavy (non-hydrogen) atoms. The zero-order valence-corrected chi connectivity index (χ0v) is 11.4. The zero-order chi connectivity index (χ0) is 15.7. The number of halogens is 3. The molecule has 1 aliphatic heterocycles. The van der Waals surface area contributed by atoms with Gasteiger partial charge in [0.05, 0.1) is 0 Å². The number of alkyl halides is 3. The van der Waals surface area contributed by atoms with E-state index in [9.17, 15) is 27.6 Å². The third-order valence-corrected chi connectivity index (χ3v) is 2.65. The first-order chi connectivity index (χ1) is 8.93. The maximum atomic E-state index is 12.4. The molecule has 0 aromatic heterocycles. The maximum Gasteiger partial charge on any atom is 0.450 e. The van der Waals surface area contributed by atoms with Crippen LogP contribution in [0.25, 0.3) is 0 Å². The van der Waals surface area contributed by atoms with Crippen LogP contribution in [0.4, 0.5) is 18.0 Å². The molecule has 1 rings (SSSR count). The van der Waals surface area contributed by atoms with Gasteiger partial charge in [0, 0.05) is 6.54 Å². The van der Waals surface area contributed by atoms with Crippen LogP contribution in [-0.4, -0.2) is 41.0 Å². The average molecular weight is 295 g/mol. The Bertz CT molecular complexity index is 425. The number of ketones is 1. The Morgan fingerprint density at radius 2 is 1.80 bits per heavy atom. The number of nitrogens with zero attached hydrogens (tertiary/aromatic N) is 1. The zero-order valence-electron chi connectivity index (χ0n) is 11.4. The number of ether oxygens (including phenoxy) is 1. The SMILES string of the molecule is CC(C)(C)OC(=O)N1CCCC(C(=O)C(F)(F)F)C1=O. The molecular formula is C12H16F3NO4. The first kappa shape index (κ1) is 16.5. The minimum atomic E-state index is -5.09. The molecule has 2 amide bonds. The van der Waals surface area contributed by atoms with Crippen molar-refractivity contribution in [1.82, 2.24) is 4.90 Å². The molecule has 1 atom stereocenters. The summed E-state index contributed by atoms with van der Waals surface area (Å²) < 4.78 is 42.0. The number of carbonyl (C=O) groups is 3. The van der Waals surface area contributed by atoms with Crippen molar-refractivity contribution in [3.05, 3.63) is 0 Å². The fourth-order valence-corrected chi connectivity index (χ4v) is 1.81. The summed E-state index contributed by atoms with van der Waals surface area (Å²) in [4.78, 5) is 35.3. The van der Waals surface area contributed by atoms with Gasteiger partial charge in [-0.15, -0.1) is 0 Å². The predicted molar refractivity (Wildman–Crippen MR) is 61.7 cm³/mol. The quantitative estimate of drug-likeness (QED) is 0.696. The van der Waals surface area contributed by atoms with Gasteiger partial charge in [0.15, 0.2) is 0 Å². The second-order valence-electron chi connectivity index (χ2n) is 5.53. The van der Waals surface area contributed by atoms with E-state index in [4.69, 9.17) is 4.74 Å². The van der Waals surface area contributed by atoms with E-state index in [0.29, 0.717) is 4.90 Å².